The van der Waals surface area contributed by atoms with Gasteiger partial charge in [0.25, 0.3) is 0 Å². The SMILES string of the molecule is COc1cc(C(=O)Cc2ccc(F)cc2)ccc1F. The smallest absolute Gasteiger partial charge is 0.167 e. The number of ketones is 1. The lowest BCUT2D eigenvalue weighted by Crippen LogP contribution is -2.04. The monoisotopic (exact) mass is 262 g/mol. The van der Waals surface area contributed by atoms with Crippen molar-refractivity contribution in [3.63, 3.8) is 0 Å². The summed E-state index contributed by atoms with van der Waals surface area (Å²) in [6, 6.07) is 9.66. The summed E-state index contributed by atoms with van der Waals surface area (Å²) in [6.45, 7) is 0. The highest BCUT2D eigenvalue weighted by molar-refractivity contribution is 5.97. The molecule has 19 heavy (non-hydrogen) atoms. The second-order valence-electron chi connectivity index (χ2n) is 4.08. The Morgan fingerprint density at radius 2 is 1.79 bits per heavy atom. The molecular formula is C15H12F2O2. The Kier molecular flexibility index (Phi) is 3.90. The van der Waals surface area contributed by atoms with Crippen molar-refractivity contribution < 1.29 is 18.3 Å². The fraction of sp³-hybridized carbons (Fsp3) is 0.133. The van der Waals surface area contributed by atoms with Crippen LogP contribution in [0.2, 0.25) is 0 Å². The van der Waals surface area contributed by atoms with E-state index in [0.29, 0.717) is 11.1 Å². The summed E-state index contributed by atoms with van der Waals surface area (Å²) in [5.41, 5.74) is 1.07. The maximum absolute atomic E-state index is 13.2. The summed E-state index contributed by atoms with van der Waals surface area (Å²) in [5.74, 6) is -1.00. The van der Waals surface area contributed by atoms with E-state index in [1.807, 2.05) is 0 Å². The molecule has 0 amide bonds. The van der Waals surface area contributed by atoms with Gasteiger partial charge in [-0.1, -0.05) is 12.1 Å². The molecule has 0 heterocycles. The molecule has 2 aromatic carbocycles. The van der Waals surface area contributed by atoms with Gasteiger partial charge in [-0.3, -0.25) is 4.79 Å². The van der Waals surface area contributed by atoms with Crippen molar-refractivity contribution in [2.45, 2.75) is 6.42 Å². The average Bonchev–Trinajstić information content (AvgIpc) is 2.42. The van der Waals surface area contributed by atoms with Crippen LogP contribution < -0.4 is 4.74 Å². The predicted molar refractivity (Wildman–Crippen MR) is 67.4 cm³/mol. The Morgan fingerprint density at radius 3 is 2.42 bits per heavy atom. The molecule has 0 spiro atoms. The van der Waals surface area contributed by atoms with Crippen LogP contribution in [0.3, 0.4) is 0 Å². The van der Waals surface area contributed by atoms with Crippen LogP contribution in [-0.4, -0.2) is 12.9 Å². The first-order valence-corrected chi connectivity index (χ1v) is 5.71. The second-order valence-corrected chi connectivity index (χ2v) is 4.08. The van der Waals surface area contributed by atoms with Gasteiger partial charge in [0.15, 0.2) is 17.3 Å². The van der Waals surface area contributed by atoms with Crippen LogP contribution in [0.25, 0.3) is 0 Å². The summed E-state index contributed by atoms with van der Waals surface area (Å²) in [6.07, 6.45) is 0.134. The molecule has 0 unspecified atom stereocenters. The Labute approximate surface area is 109 Å². The van der Waals surface area contributed by atoms with E-state index in [4.69, 9.17) is 4.74 Å². The van der Waals surface area contributed by atoms with Crippen molar-refractivity contribution >= 4 is 5.78 Å². The van der Waals surface area contributed by atoms with Crippen molar-refractivity contribution in [1.82, 2.24) is 0 Å². The lowest BCUT2D eigenvalue weighted by Gasteiger charge is -2.05. The number of hydrogen-bond donors (Lipinski definition) is 0. The molecule has 4 heteroatoms. The minimum absolute atomic E-state index is 0.0324. The zero-order chi connectivity index (χ0) is 13.8. The van der Waals surface area contributed by atoms with Crippen molar-refractivity contribution in [3.8, 4) is 5.75 Å². The lowest BCUT2D eigenvalue weighted by atomic mass is 10.0. The topological polar surface area (TPSA) is 26.3 Å². The summed E-state index contributed by atoms with van der Waals surface area (Å²) >= 11 is 0. The molecular weight excluding hydrogens is 250 g/mol. The van der Waals surface area contributed by atoms with E-state index in [1.165, 1.54) is 37.4 Å². The minimum atomic E-state index is -0.513. The summed E-state index contributed by atoms with van der Waals surface area (Å²) in [5, 5.41) is 0. The van der Waals surface area contributed by atoms with E-state index < -0.39 is 5.82 Å². The third-order valence-electron chi connectivity index (χ3n) is 2.75. The Bertz CT molecular complexity index is 592. The normalized spacial score (nSPS) is 10.3. The number of ether oxygens (including phenoxy) is 1. The highest BCUT2D eigenvalue weighted by atomic mass is 19.1. The van der Waals surface area contributed by atoms with E-state index in [2.05, 4.69) is 0 Å². The summed E-state index contributed by atoms with van der Waals surface area (Å²) < 4.78 is 30.8. The highest BCUT2D eigenvalue weighted by Gasteiger charge is 2.11. The van der Waals surface area contributed by atoms with Crippen molar-refractivity contribution in [2.75, 3.05) is 7.11 Å². The Hall–Kier alpha value is -2.23. The van der Waals surface area contributed by atoms with Crippen LogP contribution in [0.1, 0.15) is 15.9 Å². The molecule has 2 rings (SSSR count). The molecule has 0 aromatic heterocycles. The van der Waals surface area contributed by atoms with Gasteiger partial charge in [0, 0.05) is 12.0 Å². The van der Waals surface area contributed by atoms with Gasteiger partial charge < -0.3 is 4.74 Å². The van der Waals surface area contributed by atoms with Crippen molar-refractivity contribution in [1.29, 1.82) is 0 Å². The van der Waals surface area contributed by atoms with Crippen LogP contribution in [0.4, 0.5) is 8.78 Å². The maximum Gasteiger partial charge on any atom is 0.167 e. The molecule has 0 saturated heterocycles. The van der Waals surface area contributed by atoms with Crippen LogP contribution in [0.5, 0.6) is 5.75 Å². The molecule has 0 bridgehead atoms. The van der Waals surface area contributed by atoms with Gasteiger partial charge >= 0.3 is 0 Å². The fourth-order valence-electron chi connectivity index (χ4n) is 1.72. The van der Waals surface area contributed by atoms with Crippen molar-refractivity contribution in [2.24, 2.45) is 0 Å². The Morgan fingerprint density at radius 1 is 1.11 bits per heavy atom. The predicted octanol–water partition coefficient (Wildman–Crippen LogP) is 3.40. The van der Waals surface area contributed by atoms with E-state index in [0.717, 1.165) is 0 Å². The fourth-order valence-corrected chi connectivity index (χ4v) is 1.72. The number of rotatable bonds is 4. The van der Waals surface area contributed by atoms with Gasteiger partial charge in [-0.25, -0.2) is 8.78 Å². The molecule has 2 aromatic rings. The third-order valence-corrected chi connectivity index (χ3v) is 2.75. The summed E-state index contributed by atoms with van der Waals surface area (Å²) in [7, 11) is 1.34. The highest BCUT2D eigenvalue weighted by Crippen LogP contribution is 2.19. The molecule has 2 nitrogen and oxygen atoms in total. The summed E-state index contributed by atoms with van der Waals surface area (Å²) in [4.78, 5) is 12.0. The van der Waals surface area contributed by atoms with Gasteiger partial charge in [0.2, 0.25) is 0 Å². The third kappa shape index (κ3) is 3.16. The van der Waals surface area contributed by atoms with Gasteiger partial charge in [0.1, 0.15) is 5.82 Å². The number of halogens is 2. The van der Waals surface area contributed by atoms with Gasteiger partial charge in [-0.15, -0.1) is 0 Å². The van der Waals surface area contributed by atoms with Gasteiger partial charge in [0.05, 0.1) is 7.11 Å². The standard InChI is InChI=1S/C15H12F2O2/c1-19-15-9-11(4-7-13(15)17)14(18)8-10-2-5-12(16)6-3-10/h2-7,9H,8H2,1H3. The van der Waals surface area contributed by atoms with Crippen LogP contribution in [0.15, 0.2) is 42.5 Å². The maximum atomic E-state index is 13.2. The number of carbonyl (C=O) groups excluding carboxylic acids is 1. The lowest BCUT2D eigenvalue weighted by molar-refractivity contribution is 0.0992. The zero-order valence-electron chi connectivity index (χ0n) is 10.3. The molecule has 0 fully saturated rings. The molecule has 0 radical (unpaired) electrons. The quantitative estimate of drug-likeness (QED) is 0.789. The van der Waals surface area contributed by atoms with Gasteiger partial charge in [-0.2, -0.15) is 0 Å². The largest absolute Gasteiger partial charge is 0.494 e. The first-order valence-electron chi connectivity index (χ1n) is 5.71. The van der Waals surface area contributed by atoms with Crippen molar-refractivity contribution in [3.05, 3.63) is 65.2 Å². The van der Waals surface area contributed by atoms with Crippen LogP contribution >= 0.6 is 0 Å². The first-order chi connectivity index (χ1) is 9.10. The van der Waals surface area contributed by atoms with E-state index in [1.54, 1.807) is 12.1 Å². The van der Waals surface area contributed by atoms with E-state index >= 15 is 0 Å². The molecule has 0 aliphatic heterocycles. The first kappa shape index (κ1) is 13.2. The average molecular weight is 262 g/mol. The number of methoxy groups -OCH3 is 1. The molecule has 0 saturated carbocycles. The number of benzene rings is 2. The van der Waals surface area contributed by atoms with Gasteiger partial charge in [-0.05, 0) is 35.9 Å². The minimum Gasteiger partial charge on any atom is -0.494 e. The molecule has 0 aliphatic rings. The molecule has 0 atom stereocenters. The second kappa shape index (κ2) is 5.61. The van der Waals surface area contributed by atoms with Crippen LogP contribution in [-0.2, 0) is 6.42 Å². The van der Waals surface area contributed by atoms with E-state index in [-0.39, 0.29) is 23.8 Å². The number of hydrogen-bond acceptors (Lipinski definition) is 2. The Balaban J connectivity index is 2.18. The molecule has 0 aliphatic carbocycles. The number of carbonyl (C=O) groups is 1. The molecule has 0 N–H and O–H groups in total. The molecule has 98 valence electrons. The number of Topliss-reactive ketones (excluding diaryl/α,β-unsaturated/α-hetero) is 1. The van der Waals surface area contributed by atoms with Crippen LogP contribution in [0, 0.1) is 11.6 Å². The zero-order valence-corrected chi connectivity index (χ0v) is 10.3. The van der Waals surface area contributed by atoms with E-state index in [9.17, 15) is 13.6 Å².